The van der Waals surface area contributed by atoms with Gasteiger partial charge in [0, 0.05) is 25.2 Å². The van der Waals surface area contributed by atoms with E-state index in [1.54, 1.807) is 18.0 Å². The molecule has 0 amide bonds. The SMILES string of the molecule is CSc1nnc(CCCNc2ccc(Cl)cn2)n1C1CCCC1. The smallest absolute Gasteiger partial charge is 0.191 e. The topological polar surface area (TPSA) is 55.6 Å². The molecular formula is C16H22ClN5S. The summed E-state index contributed by atoms with van der Waals surface area (Å²) in [6.07, 6.45) is 10.8. The molecule has 1 N–H and O–H groups in total. The van der Waals surface area contributed by atoms with Gasteiger partial charge in [0.15, 0.2) is 5.16 Å². The molecular weight excluding hydrogens is 330 g/mol. The summed E-state index contributed by atoms with van der Waals surface area (Å²) in [5.41, 5.74) is 0. The van der Waals surface area contributed by atoms with Crippen LogP contribution in [-0.4, -0.2) is 32.5 Å². The van der Waals surface area contributed by atoms with Gasteiger partial charge in [0.05, 0.1) is 5.02 Å². The largest absolute Gasteiger partial charge is 0.370 e. The lowest BCUT2D eigenvalue weighted by atomic mass is 10.2. The lowest BCUT2D eigenvalue weighted by Gasteiger charge is -2.16. The Hall–Kier alpha value is -1.27. The highest BCUT2D eigenvalue weighted by Crippen LogP contribution is 2.33. The van der Waals surface area contributed by atoms with Crippen molar-refractivity contribution in [3.63, 3.8) is 0 Å². The van der Waals surface area contributed by atoms with E-state index in [0.717, 1.165) is 36.2 Å². The summed E-state index contributed by atoms with van der Waals surface area (Å²) in [4.78, 5) is 4.24. The molecule has 23 heavy (non-hydrogen) atoms. The minimum absolute atomic E-state index is 0.591. The van der Waals surface area contributed by atoms with Gasteiger partial charge in [-0.2, -0.15) is 0 Å². The van der Waals surface area contributed by atoms with Crippen LogP contribution in [0.1, 0.15) is 44.0 Å². The van der Waals surface area contributed by atoms with Crippen molar-refractivity contribution in [2.45, 2.75) is 49.7 Å². The Labute approximate surface area is 146 Å². The third kappa shape index (κ3) is 4.18. The van der Waals surface area contributed by atoms with Crippen molar-refractivity contribution >= 4 is 29.2 Å². The quantitative estimate of drug-likeness (QED) is 0.598. The lowest BCUT2D eigenvalue weighted by Crippen LogP contribution is -2.12. The summed E-state index contributed by atoms with van der Waals surface area (Å²) < 4.78 is 2.37. The molecule has 0 bridgehead atoms. The Kier molecular flexibility index (Phi) is 5.78. The molecule has 0 unspecified atom stereocenters. The van der Waals surface area contributed by atoms with Gasteiger partial charge in [-0.05, 0) is 37.7 Å². The van der Waals surface area contributed by atoms with Crippen molar-refractivity contribution in [1.29, 1.82) is 0 Å². The Morgan fingerprint density at radius 3 is 2.83 bits per heavy atom. The number of anilines is 1. The number of nitrogens with zero attached hydrogens (tertiary/aromatic N) is 4. The second-order valence-corrected chi connectivity index (χ2v) is 7.01. The zero-order valence-electron chi connectivity index (χ0n) is 13.3. The second-order valence-electron chi connectivity index (χ2n) is 5.80. The van der Waals surface area contributed by atoms with E-state index < -0.39 is 0 Å². The van der Waals surface area contributed by atoms with Gasteiger partial charge < -0.3 is 9.88 Å². The zero-order valence-corrected chi connectivity index (χ0v) is 14.9. The van der Waals surface area contributed by atoms with Crippen LogP contribution in [0.5, 0.6) is 0 Å². The first kappa shape index (κ1) is 16.6. The van der Waals surface area contributed by atoms with Crippen LogP contribution in [0.15, 0.2) is 23.5 Å². The van der Waals surface area contributed by atoms with E-state index >= 15 is 0 Å². The maximum atomic E-state index is 5.84. The zero-order chi connectivity index (χ0) is 16.1. The molecule has 2 aromatic rings. The third-order valence-corrected chi connectivity index (χ3v) is 5.09. The van der Waals surface area contributed by atoms with Crippen molar-refractivity contribution in [2.75, 3.05) is 18.1 Å². The highest BCUT2D eigenvalue weighted by Gasteiger charge is 2.23. The normalized spacial score (nSPS) is 15.2. The molecule has 1 saturated carbocycles. The predicted molar refractivity (Wildman–Crippen MR) is 95.4 cm³/mol. The number of nitrogens with one attached hydrogen (secondary N) is 1. The molecule has 0 spiro atoms. The number of rotatable bonds is 7. The van der Waals surface area contributed by atoms with Crippen molar-refractivity contribution in [1.82, 2.24) is 19.7 Å². The third-order valence-electron chi connectivity index (χ3n) is 4.22. The van der Waals surface area contributed by atoms with E-state index in [-0.39, 0.29) is 0 Å². The monoisotopic (exact) mass is 351 g/mol. The maximum Gasteiger partial charge on any atom is 0.191 e. The molecule has 2 aromatic heterocycles. The summed E-state index contributed by atoms with van der Waals surface area (Å²) in [5, 5.41) is 13.8. The number of hydrogen-bond donors (Lipinski definition) is 1. The van der Waals surface area contributed by atoms with Crippen molar-refractivity contribution in [3.8, 4) is 0 Å². The Balaban J connectivity index is 1.55. The van der Waals surface area contributed by atoms with E-state index in [2.05, 4.69) is 31.3 Å². The van der Waals surface area contributed by atoms with Crippen LogP contribution in [0.4, 0.5) is 5.82 Å². The van der Waals surface area contributed by atoms with E-state index in [4.69, 9.17) is 11.6 Å². The minimum atomic E-state index is 0.591. The standard InChI is InChI=1S/C16H22ClN5S/c1-23-16-21-20-15(22(16)13-5-2-3-6-13)7-4-10-18-14-9-8-12(17)11-19-14/h8-9,11,13H,2-7,10H2,1H3,(H,18,19). The first-order chi connectivity index (χ1) is 11.3. The molecule has 5 nitrogen and oxygen atoms in total. The van der Waals surface area contributed by atoms with Crippen LogP contribution in [-0.2, 0) is 6.42 Å². The van der Waals surface area contributed by atoms with Gasteiger partial charge in [-0.1, -0.05) is 36.2 Å². The molecule has 0 saturated heterocycles. The molecule has 0 atom stereocenters. The number of halogens is 1. The van der Waals surface area contributed by atoms with Crippen molar-refractivity contribution in [3.05, 3.63) is 29.2 Å². The summed E-state index contributed by atoms with van der Waals surface area (Å²) in [7, 11) is 0. The van der Waals surface area contributed by atoms with Gasteiger partial charge in [0.1, 0.15) is 11.6 Å². The fourth-order valence-electron chi connectivity index (χ4n) is 3.09. The van der Waals surface area contributed by atoms with Gasteiger partial charge in [-0.3, -0.25) is 0 Å². The van der Waals surface area contributed by atoms with Crippen molar-refractivity contribution < 1.29 is 0 Å². The van der Waals surface area contributed by atoms with Crippen LogP contribution in [0, 0.1) is 0 Å². The Bertz CT molecular complexity index is 622. The van der Waals surface area contributed by atoms with E-state index in [1.165, 1.54) is 25.7 Å². The van der Waals surface area contributed by atoms with E-state index in [0.29, 0.717) is 11.1 Å². The molecule has 3 rings (SSSR count). The molecule has 0 radical (unpaired) electrons. The Morgan fingerprint density at radius 2 is 2.13 bits per heavy atom. The molecule has 1 aliphatic carbocycles. The second kappa shape index (κ2) is 8.02. The first-order valence-electron chi connectivity index (χ1n) is 8.11. The number of aromatic nitrogens is 4. The molecule has 0 aromatic carbocycles. The van der Waals surface area contributed by atoms with E-state index in [1.807, 2.05) is 12.1 Å². The summed E-state index contributed by atoms with van der Waals surface area (Å²) in [6, 6.07) is 4.33. The van der Waals surface area contributed by atoms with Crippen LogP contribution in [0.25, 0.3) is 0 Å². The fraction of sp³-hybridized carbons (Fsp3) is 0.562. The number of aryl methyl sites for hydroxylation is 1. The molecule has 124 valence electrons. The van der Waals surface area contributed by atoms with Gasteiger partial charge in [0.25, 0.3) is 0 Å². The summed E-state index contributed by atoms with van der Waals surface area (Å²) in [6.45, 7) is 0.862. The molecule has 1 fully saturated rings. The lowest BCUT2D eigenvalue weighted by molar-refractivity contribution is 0.461. The van der Waals surface area contributed by atoms with Crippen LogP contribution >= 0.6 is 23.4 Å². The number of thioether (sulfide) groups is 1. The van der Waals surface area contributed by atoms with Crippen LogP contribution in [0.3, 0.4) is 0 Å². The highest BCUT2D eigenvalue weighted by molar-refractivity contribution is 7.98. The highest BCUT2D eigenvalue weighted by atomic mass is 35.5. The van der Waals surface area contributed by atoms with Gasteiger partial charge in [-0.25, -0.2) is 4.98 Å². The maximum absolute atomic E-state index is 5.84. The summed E-state index contributed by atoms with van der Waals surface area (Å²) >= 11 is 7.53. The average Bonchev–Trinajstić information content (AvgIpc) is 3.22. The Morgan fingerprint density at radius 1 is 1.30 bits per heavy atom. The first-order valence-corrected chi connectivity index (χ1v) is 9.71. The number of pyridine rings is 1. The molecule has 1 aliphatic rings. The minimum Gasteiger partial charge on any atom is -0.370 e. The molecule has 2 heterocycles. The van der Waals surface area contributed by atoms with Crippen molar-refractivity contribution in [2.24, 2.45) is 0 Å². The van der Waals surface area contributed by atoms with Gasteiger partial charge in [0.2, 0.25) is 0 Å². The summed E-state index contributed by atoms with van der Waals surface area (Å²) in [5.74, 6) is 1.98. The molecule has 7 heteroatoms. The predicted octanol–water partition coefficient (Wildman–Crippen LogP) is 4.21. The van der Waals surface area contributed by atoms with E-state index in [9.17, 15) is 0 Å². The average molecular weight is 352 g/mol. The fourth-order valence-corrected chi connectivity index (χ4v) is 3.78. The number of hydrogen-bond acceptors (Lipinski definition) is 5. The van der Waals surface area contributed by atoms with Crippen LogP contribution < -0.4 is 5.32 Å². The van der Waals surface area contributed by atoms with Gasteiger partial charge >= 0.3 is 0 Å². The van der Waals surface area contributed by atoms with Crippen LogP contribution in [0.2, 0.25) is 5.02 Å². The molecule has 0 aliphatic heterocycles. The van der Waals surface area contributed by atoms with Gasteiger partial charge in [-0.15, -0.1) is 10.2 Å².